The van der Waals surface area contributed by atoms with Crippen molar-refractivity contribution in [3.63, 3.8) is 0 Å². The third kappa shape index (κ3) is 6.85. The molecule has 0 aromatic carbocycles. The van der Waals surface area contributed by atoms with Crippen LogP contribution >= 0.6 is 0 Å². The lowest BCUT2D eigenvalue weighted by Crippen LogP contribution is -2.18. The van der Waals surface area contributed by atoms with Crippen LogP contribution in [-0.4, -0.2) is 13.1 Å². The van der Waals surface area contributed by atoms with Crippen LogP contribution < -0.4 is 0 Å². The van der Waals surface area contributed by atoms with Gasteiger partial charge in [-0.1, -0.05) is 67.0 Å². The molecule has 0 fully saturated rings. The first-order valence-corrected chi connectivity index (χ1v) is 8.32. The van der Waals surface area contributed by atoms with E-state index in [-0.39, 0.29) is 5.41 Å². The maximum atomic E-state index is 10.1. The molecule has 0 aliphatic heterocycles. The van der Waals surface area contributed by atoms with E-state index in [0.717, 1.165) is 6.42 Å². The molecule has 126 valence electrons. The quantitative estimate of drug-likeness (QED) is 0.343. The Morgan fingerprint density at radius 3 is 2.70 bits per heavy atom. The van der Waals surface area contributed by atoms with Gasteiger partial charge in [0.1, 0.15) is 0 Å². The van der Waals surface area contributed by atoms with Crippen molar-refractivity contribution in [2.24, 2.45) is 5.41 Å². The van der Waals surface area contributed by atoms with Crippen molar-refractivity contribution in [2.75, 3.05) is 6.61 Å². The fraction of sp³-hybridized carbons (Fsp3) is 0.476. The van der Waals surface area contributed by atoms with Crippen LogP contribution in [0.5, 0.6) is 0 Å². The van der Waals surface area contributed by atoms with Gasteiger partial charge in [-0.05, 0) is 44.6 Å². The van der Waals surface area contributed by atoms with Crippen LogP contribution in [0, 0.1) is 5.41 Å². The van der Waals surface area contributed by atoms with Crippen LogP contribution in [0.1, 0.15) is 53.9 Å². The Labute approximate surface area is 141 Å². The second-order valence-corrected chi connectivity index (χ2v) is 6.89. The van der Waals surface area contributed by atoms with Crippen LogP contribution in [0.2, 0.25) is 0 Å². The summed E-state index contributed by atoms with van der Waals surface area (Å²) in [6.45, 7) is 11.9. The van der Waals surface area contributed by atoms with Gasteiger partial charge in [-0.3, -0.25) is 4.79 Å². The fourth-order valence-electron chi connectivity index (χ4n) is 2.77. The first kappa shape index (κ1) is 19.2. The molecule has 0 bridgehead atoms. The van der Waals surface area contributed by atoms with Gasteiger partial charge in [-0.2, -0.15) is 0 Å². The van der Waals surface area contributed by atoms with Crippen LogP contribution in [-0.2, 0) is 9.53 Å². The van der Waals surface area contributed by atoms with Crippen molar-refractivity contribution in [3.8, 4) is 0 Å². The smallest absolute Gasteiger partial charge is 0.293 e. The van der Waals surface area contributed by atoms with Crippen molar-refractivity contribution < 1.29 is 9.53 Å². The van der Waals surface area contributed by atoms with Gasteiger partial charge in [-0.15, -0.1) is 0 Å². The van der Waals surface area contributed by atoms with Crippen molar-refractivity contribution in [2.45, 2.75) is 53.9 Å². The predicted octanol–water partition coefficient (Wildman–Crippen LogP) is 5.69. The maximum Gasteiger partial charge on any atom is 0.293 e. The third-order valence-corrected chi connectivity index (χ3v) is 4.31. The Morgan fingerprint density at radius 1 is 1.30 bits per heavy atom. The summed E-state index contributed by atoms with van der Waals surface area (Å²) in [7, 11) is 0. The summed E-state index contributed by atoms with van der Waals surface area (Å²) < 4.78 is 4.70. The van der Waals surface area contributed by atoms with Gasteiger partial charge >= 0.3 is 0 Å². The first-order valence-electron chi connectivity index (χ1n) is 8.32. The number of carbonyl (C=O) groups excluding carboxylic acids is 1. The molecule has 0 atom stereocenters. The number of carbonyl (C=O) groups is 1. The lowest BCUT2D eigenvalue weighted by molar-refractivity contribution is -0.128. The highest BCUT2D eigenvalue weighted by Crippen LogP contribution is 2.40. The Morgan fingerprint density at radius 2 is 2.04 bits per heavy atom. The van der Waals surface area contributed by atoms with Gasteiger partial charge in [0.2, 0.25) is 0 Å². The number of allylic oxidation sites excluding steroid dienone is 9. The summed E-state index contributed by atoms with van der Waals surface area (Å²) in [6, 6.07) is 0. The normalized spacial score (nSPS) is 20.7. The molecule has 0 saturated carbocycles. The van der Waals surface area contributed by atoms with E-state index in [9.17, 15) is 4.79 Å². The number of hydrogen-bond donors (Lipinski definition) is 0. The van der Waals surface area contributed by atoms with E-state index in [4.69, 9.17) is 4.74 Å². The highest BCUT2D eigenvalue weighted by Gasteiger charge is 2.26. The average molecular weight is 314 g/mol. The monoisotopic (exact) mass is 314 g/mol. The molecule has 2 nitrogen and oxygen atoms in total. The van der Waals surface area contributed by atoms with Crippen molar-refractivity contribution >= 4 is 6.47 Å². The summed E-state index contributed by atoms with van der Waals surface area (Å²) >= 11 is 0. The van der Waals surface area contributed by atoms with Crippen LogP contribution in [0.3, 0.4) is 0 Å². The summed E-state index contributed by atoms with van der Waals surface area (Å²) in [5.74, 6) is 0. The minimum atomic E-state index is 0.258. The average Bonchev–Trinajstić information content (AvgIpc) is 2.46. The van der Waals surface area contributed by atoms with Crippen LogP contribution in [0.15, 0.2) is 58.7 Å². The van der Waals surface area contributed by atoms with Crippen LogP contribution in [0.25, 0.3) is 0 Å². The largest absolute Gasteiger partial charge is 0.468 e. The molecule has 0 heterocycles. The molecule has 0 amide bonds. The standard InChI is InChI=1S/C21H30O2/c1-17(8-6-9-18(2)13-15-23-16-22)11-12-20-19(3)10-7-14-21(20,4)5/h6,8-12,16H,7,13-15H2,1-5H3/b8-6+,17-11+,18-9+,20-12+. The number of hydrogen-bond acceptors (Lipinski definition) is 2. The molecule has 0 spiro atoms. The zero-order valence-corrected chi connectivity index (χ0v) is 15.2. The Bertz CT molecular complexity index is 554. The Kier molecular flexibility index (Phi) is 7.80. The van der Waals surface area contributed by atoms with E-state index in [0.29, 0.717) is 13.1 Å². The van der Waals surface area contributed by atoms with Gasteiger partial charge in [0.05, 0.1) is 6.61 Å². The van der Waals surface area contributed by atoms with Gasteiger partial charge in [0, 0.05) is 6.42 Å². The van der Waals surface area contributed by atoms with E-state index < -0.39 is 0 Å². The molecule has 1 aliphatic rings. The van der Waals surface area contributed by atoms with Gasteiger partial charge in [-0.25, -0.2) is 0 Å². The highest BCUT2D eigenvalue weighted by atomic mass is 16.5. The molecule has 23 heavy (non-hydrogen) atoms. The van der Waals surface area contributed by atoms with Crippen molar-refractivity contribution in [1.29, 1.82) is 0 Å². The second kappa shape index (κ2) is 9.34. The molecule has 1 aliphatic carbocycles. The summed E-state index contributed by atoms with van der Waals surface area (Å²) in [5.41, 5.74) is 5.52. The zero-order valence-electron chi connectivity index (χ0n) is 15.2. The Hall–Kier alpha value is -1.83. The number of rotatable bonds is 7. The molecule has 0 radical (unpaired) electrons. The van der Waals surface area contributed by atoms with Gasteiger partial charge in [0.25, 0.3) is 6.47 Å². The molecule has 0 aromatic rings. The molecule has 0 aromatic heterocycles. The maximum absolute atomic E-state index is 10.1. The van der Waals surface area contributed by atoms with E-state index in [2.05, 4.69) is 64.2 Å². The molecule has 0 N–H and O–H groups in total. The van der Waals surface area contributed by atoms with Crippen molar-refractivity contribution in [1.82, 2.24) is 0 Å². The third-order valence-electron chi connectivity index (χ3n) is 4.31. The second-order valence-electron chi connectivity index (χ2n) is 6.89. The summed E-state index contributed by atoms with van der Waals surface area (Å²) in [5, 5.41) is 0. The first-order chi connectivity index (χ1) is 10.9. The van der Waals surface area contributed by atoms with E-state index in [1.807, 2.05) is 6.92 Å². The molecular weight excluding hydrogens is 284 g/mol. The molecule has 1 rings (SSSR count). The van der Waals surface area contributed by atoms with E-state index in [1.54, 1.807) is 0 Å². The summed E-state index contributed by atoms with van der Waals surface area (Å²) in [6.07, 6.45) is 16.2. The zero-order chi connectivity index (χ0) is 17.3. The molecule has 0 unspecified atom stereocenters. The minimum Gasteiger partial charge on any atom is -0.468 e. The summed E-state index contributed by atoms with van der Waals surface area (Å²) in [4.78, 5) is 10.1. The van der Waals surface area contributed by atoms with Gasteiger partial charge in [0.15, 0.2) is 0 Å². The number of ether oxygens (including phenoxy) is 1. The topological polar surface area (TPSA) is 26.3 Å². The fourth-order valence-corrected chi connectivity index (χ4v) is 2.77. The SMILES string of the molecule is CC1=CCCC(C)(C)/C1=C/C=C(C)/C=C/C=C(\C)CCOC=O. The molecule has 0 saturated heterocycles. The Balaban J connectivity index is 2.69. The highest BCUT2D eigenvalue weighted by molar-refractivity contribution is 5.40. The van der Waals surface area contributed by atoms with E-state index >= 15 is 0 Å². The van der Waals surface area contributed by atoms with Gasteiger partial charge < -0.3 is 4.74 Å². The van der Waals surface area contributed by atoms with Crippen LogP contribution in [0.4, 0.5) is 0 Å². The van der Waals surface area contributed by atoms with E-state index in [1.165, 1.54) is 35.1 Å². The predicted molar refractivity (Wildman–Crippen MR) is 98.1 cm³/mol. The lowest BCUT2D eigenvalue weighted by atomic mass is 9.73. The lowest BCUT2D eigenvalue weighted by Gasteiger charge is -2.32. The molecular formula is C21H30O2. The van der Waals surface area contributed by atoms with Crippen molar-refractivity contribution in [3.05, 3.63) is 58.7 Å². The minimum absolute atomic E-state index is 0.258. The molecule has 2 heteroatoms.